The number of fused-ring (bicyclic) bond motifs is 10. The monoisotopic (exact) mass is 2230 g/mol. The third kappa shape index (κ3) is 30.5. The van der Waals surface area contributed by atoms with E-state index in [2.05, 4.69) is 262 Å². The number of ether oxygens (including phenoxy) is 5. The molecule has 10 aliphatic carbocycles. The molecule has 14 nitrogen and oxygen atoms in total. The number of esters is 3. The van der Waals surface area contributed by atoms with Gasteiger partial charge in [0.05, 0.1) is 33.2 Å². The Bertz CT molecular complexity index is 6040. The summed E-state index contributed by atoms with van der Waals surface area (Å²) in [5.41, 5.74) is 22.8. The first-order valence-corrected chi connectivity index (χ1v) is 52.5. The number of carboxylic acid groups (broad SMARTS) is 1. The Morgan fingerprint density at radius 1 is 0.414 bits per heavy atom. The van der Waals surface area contributed by atoms with Crippen LogP contribution in [0.25, 0.3) is 5.57 Å². The van der Waals surface area contributed by atoms with Crippen molar-refractivity contribution < 1.29 is 98.1 Å². The van der Waals surface area contributed by atoms with E-state index in [0.717, 1.165) is 160 Å². The third-order valence-corrected chi connectivity index (χ3v) is 34.1. The van der Waals surface area contributed by atoms with Gasteiger partial charge in [0.1, 0.15) is 12.4 Å². The second-order valence-corrected chi connectivity index (χ2v) is 43.9. The van der Waals surface area contributed by atoms with Crippen LogP contribution in [-0.2, 0) is 119 Å². The van der Waals surface area contributed by atoms with Crippen molar-refractivity contribution in [3.8, 4) is 0 Å². The summed E-state index contributed by atoms with van der Waals surface area (Å²) in [6.45, 7) is 4.15. The molecule has 1 atom stereocenters. The molecule has 0 saturated heterocycles. The quantitative estimate of drug-likeness (QED) is 0.0320. The second-order valence-electron chi connectivity index (χ2n) is 36.1. The molecule has 1 unspecified atom stereocenters. The molecule has 10 aliphatic rings. The fourth-order valence-corrected chi connectivity index (χ4v) is 26.2. The Kier molecular flexibility index (Phi) is 46.2. The van der Waals surface area contributed by atoms with Crippen LogP contribution in [0.15, 0.2) is 307 Å². The van der Waals surface area contributed by atoms with E-state index < -0.39 is 12.9 Å². The minimum absolute atomic E-state index is 0. The number of benzene rings is 10. The van der Waals surface area contributed by atoms with Crippen molar-refractivity contribution in [1.82, 2.24) is 0 Å². The normalized spacial score (nSPS) is 18.4. The van der Waals surface area contributed by atoms with Gasteiger partial charge in [0.25, 0.3) is 5.97 Å². The topological polar surface area (TPSA) is 203 Å². The number of Topliss-reactive ketones (excluding diaryl/α,β-unsaturated/α-hetero) is 2. The van der Waals surface area contributed by atoms with Crippen molar-refractivity contribution in [1.29, 1.82) is 0 Å². The van der Waals surface area contributed by atoms with Crippen LogP contribution in [0, 0.1) is 0 Å². The zero-order chi connectivity index (χ0) is 97.0. The molecule has 10 aromatic rings. The summed E-state index contributed by atoms with van der Waals surface area (Å²) in [7, 11) is 6.29. The van der Waals surface area contributed by atoms with E-state index >= 15 is 0 Å². The van der Waals surface area contributed by atoms with Crippen molar-refractivity contribution in [2.45, 2.75) is 231 Å². The third-order valence-electron chi connectivity index (χ3n) is 27.7. The molecule has 4 spiro atoms. The number of hydrogen-bond acceptors (Lipinski definition) is 13. The number of rotatable bonds is 11. The molecule has 3 saturated carbocycles. The van der Waals surface area contributed by atoms with Crippen molar-refractivity contribution in [2.75, 3.05) is 28.4 Å². The summed E-state index contributed by atoms with van der Waals surface area (Å²) < 4.78 is 31.3. The Morgan fingerprint density at radius 3 is 1.19 bits per heavy atom. The van der Waals surface area contributed by atoms with Gasteiger partial charge in [0, 0.05) is 91.2 Å². The van der Waals surface area contributed by atoms with Crippen LogP contribution < -0.4 is 45.5 Å². The molecule has 0 bridgehead atoms. The van der Waals surface area contributed by atoms with Gasteiger partial charge in [-0.1, -0.05) is 283 Å². The first kappa shape index (κ1) is 116. The second kappa shape index (κ2) is 55.7. The van der Waals surface area contributed by atoms with Crippen molar-refractivity contribution >= 4 is 161 Å². The van der Waals surface area contributed by atoms with Gasteiger partial charge in [0.15, 0.2) is 17.3 Å². The predicted molar refractivity (Wildman–Crippen MR) is 586 cm³/mol. The number of allylic oxidation sites excluding steroid dienone is 6. The minimum Gasteiger partial charge on any atom is -1.00 e. The average Bonchev–Trinajstić information content (AvgIpc) is 1.75. The number of carbonyl (C=O) groups excluding carboxylic acids is 7. The molecular formula is C119H133Br5NaO14P. The molecule has 20 rings (SSSR count). The van der Waals surface area contributed by atoms with E-state index in [-0.39, 0.29) is 106 Å². The fourth-order valence-electron chi connectivity index (χ4n) is 20.7. The Balaban J connectivity index is 0.000000222. The number of halogens is 5. The van der Waals surface area contributed by atoms with Crippen LogP contribution in [-0.4, -0.2) is 86.5 Å². The van der Waals surface area contributed by atoms with E-state index in [1.54, 1.807) is 32.4 Å². The summed E-state index contributed by atoms with van der Waals surface area (Å²) in [4.78, 5) is 87.8. The van der Waals surface area contributed by atoms with Gasteiger partial charge in [-0.15, -0.1) is 0 Å². The number of carboxylic acids is 1. The van der Waals surface area contributed by atoms with E-state index in [1.165, 1.54) is 156 Å². The maximum atomic E-state index is 12.5. The average molecular weight is 2240 g/mol. The Labute approximate surface area is 895 Å². The molecule has 3 fully saturated rings. The molecule has 0 amide bonds. The Hall–Kier alpha value is -9.08. The van der Waals surface area contributed by atoms with E-state index in [4.69, 9.17) is 33.6 Å². The predicted octanol–water partition coefficient (Wildman–Crippen LogP) is 25.8. The summed E-state index contributed by atoms with van der Waals surface area (Å²) in [6.07, 6.45) is 37.1. The van der Waals surface area contributed by atoms with E-state index in [0.29, 0.717) is 35.0 Å². The zero-order valence-electron chi connectivity index (χ0n) is 80.4. The molecule has 10 aromatic carbocycles. The first-order chi connectivity index (χ1) is 65.6. The summed E-state index contributed by atoms with van der Waals surface area (Å²) in [6, 6.07) is 79.9. The molecule has 0 heterocycles. The van der Waals surface area contributed by atoms with Crippen LogP contribution in [0.4, 0.5) is 0 Å². The maximum Gasteiger partial charge on any atom is 1.00 e. The van der Waals surface area contributed by atoms with Crippen LogP contribution in [0.5, 0.6) is 0 Å². The van der Waals surface area contributed by atoms with Gasteiger partial charge in [-0.3, -0.25) is 24.0 Å². The molecule has 734 valence electrons. The number of ketones is 4. The van der Waals surface area contributed by atoms with E-state index in [1.807, 2.05) is 72.9 Å². The van der Waals surface area contributed by atoms with Crippen molar-refractivity contribution in [3.05, 3.63) is 385 Å². The van der Waals surface area contributed by atoms with Gasteiger partial charge in [-0.05, 0) is 345 Å². The molecule has 140 heavy (non-hydrogen) atoms. The van der Waals surface area contributed by atoms with Gasteiger partial charge >= 0.3 is 47.5 Å². The number of methoxy groups -OCH3 is 4. The molecule has 0 aliphatic heterocycles. The minimum atomic E-state index is -1.90. The Morgan fingerprint density at radius 2 is 0.771 bits per heavy atom. The molecule has 0 radical (unpaired) electrons. The molecule has 1 N–H and O–H groups in total. The number of hydrogen-bond donors (Lipinski definition) is 1. The maximum absolute atomic E-state index is 12.5. The van der Waals surface area contributed by atoms with Crippen molar-refractivity contribution in [3.63, 3.8) is 0 Å². The largest absolute Gasteiger partial charge is 1.00 e. The van der Waals surface area contributed by atoms with Crippen molar-refractivity contribution in [2.24, 2.45) is 0 Å². The van der Waals surface area contributed by atoms with Gasteiger partial charge < -0.3 is 30.2 Å². The standard InChI is InChI=1S/C25H26O4.C20H19OP.C17H19BrO2.C14H15BrO.C14H13BrO.C11H11BrO.C9H7BrO.C4H6O.C2H4O2.3CH4.Na.H/c1-28-23(26)15-18-9-12-25(13-10-18)14-11-20-16-21(7-8-22(20)25)24(27)29-17-19-5-3-2-4-6-19;1-21-17-22(18-11-5-2-6-12-18,19-13-7-3-8-14-19)20-15-9-4-10-16-20;1-20-16(19)10-12-4-7-17(8-5-12)9-6-13-11-14(18)2-3-15(13)17;2*15-11-1-2-13-10(9-11)3-6-14(13)7-4-12(16)5-8-14;1-13-7-9-3-2-8-6-10(12)4-5-11(8)9;10-7-2-3-8-6(5-7)1-4-9(8)11;1-3-4(2)5;1-2(3)4;;;;;/h2-8,15-16H,9-14,17H2,1H3;2-17H,1H3;2-3,10-11H,4-9H2,1H3;1-2,9H,3-8H2;1-2,4,7,9H,3,5-6,8H2;4-7H,2-3H2,1H3;2-3,5H,1,4H2;3H,1H2,2H3;1H3,(H,3,4);3*1H4;;/q;;;;;;;;;;;;+1;-1. The number of aryl methyl sites for hydroxylation is 6. The first-order valence-electron chi connectivity index (χ1n) is 46.7. The summed E-state index contributed by atoms with van der Waals surface area (Å²) >= 11 is 17.5. The fraction of sp³-hybridized carbons (Fsp3) is 0.336. The van der Waals surface area contributed by atoms with Gasteiger partial charge in [-0.2, -0.15) is 0 Å². The van der Waals surface area contributed by atoms with Crippen LogP contribution in [0.2, 0.25) is 0 Å². The summed E-state index contributed by atoms with van der Waals surface area (Å²) in [5, 5.41) is 11.3. The zero-order valence-corrected chi connectivity index (χ0v) is 90.2. The van der Waals surface area contributed by atoms with Crippen LogP contribution in [0.3, 0.4) is 0 Å². The number of carbonyl (C=O) groups is 8. The van der Waals surface area contributed by atoms with E-state index in [9.17, 15) is 33.6 Å². The molecule has 21 heteroatoms. The smallest absolute Gasteiger partial charge is 1.00 e. The molecule has 0 aromatic heterocycles. The summed E-state index contributed by atoms with van der Waals surface area (Å²) in [5.74, 6) is 1.48. The van der Waals surface area contributed by atoms with Crippen LogP contribution >= 0.6 is 86.5 Å². The molecular weight excluding hydrogens is 2110 g/mol. The van der Waals surface area contributed by atoms with Gasteiger partial charge in [-0.25, -0.2) is 14.4 Å². The number of aliphatic carboxylic acids is 1. The SMILES string of the molecule is C.C.C.C=CC(C)=O.CC(=O)O.COC(=O)C=C1CCC2(CC1)CCc1cc(Br)ccc12.COC(=O)C=C1CCC2(CC1)CCc1cc(C(=O)OCc3ccccc3)ccc12.COC=C1CCc2cc(Br)ccc21.COC=P(c1ccccc1)(c1ccccc1)c1ccccc1.O=C1C=CC2(CC1)CCc1cc(Br)ccc12.O=C1CCC2(CC1)CCc1cc(Br)ccc12.O=C1CCc2cc(Br)ccc21.[H-].[Na+]. The van der Waals surface area contributed by atoms with Crippen LogP contribution in [0.1, 0.15) is 253 Å². The van der Waals surface area contributed by atoms with Gasteiger partial charge in [0.2, 0.25) is 0 Å².